The summed E-state index contributed by atoms with van der Waals surface area (Å²) in [7, 11) is 3.36. The van der Waals surface area contributed by atoms with Crippen molar-refractivity contribution in [2.24, 2.45) is 4.99 Å². The van der Waals surface area contributed by atoms with Crippen LogP contribution in [0.5, 0.6) is 5.75 Å². The van der Waals surface area contributed by atoms with Crippen molar-refractivity contribution in [3.63, 3.8) is 0 Å². The third-order valence-electron chi connectivity index (χ3n) is 5.27. The number of aryl methyl sites for hydroxylation is 2. The molecule has 0 aromatic heterocycles. The summed E-state index contributed by atoms with van der Waals surface area (Å²) in [6.07, 6.45) is 0. The first-order chi connectivity index (χ1) is 16.9. The number of carbonyl (C=O) groups excluding carboxylic acids is 1. The summed E-state index contributed by atoms with van der Waals surface area (Å²) in [5, 5.41) is 0. The van der Waals surface area contributed by atoms with Crippen molar-refractivity contribution >= 4 is 33.4 Å². The Kier molecular flexibility index (Phi) is 9.39. The first-order valence-corrected chi connectivity index (χ1v) is 12.0. The van der Waals surface area contributed by atoms with E-state index in [0.29, 0.717) is 11.4 Å². The zero-order chi connectivity index (χ0) is 25.2. The highest BCUT2D eigenvalue weighted by molar-refractivity contribution is 9.10. The number of hydrogen-bond donors (Lipinski definition) is 0. The van der Waals surface area contributed by atoms with Crippen LogP contribution in [0.4, 0.5) is 5.69 Å². The highest BCUT2D eigenvalue weighted by Crippen LogP contribution is 2.20. The standard InChI is InChI=1S/C23H21BrN2O2.C7H8/c1-16-4-12-20(13-5-16)25-22(17-8-14-21(28-3)15-9-17)26(2)23(27)18-6-10-19(24)11-7-18;1-7-5-3-2-4-6-7/h4-15H,1-3H3;2-6H,1H3. The van der Waals surface area contributed by atoms with Gasteiger partial charge in [0.15, 0.2) is 0 Å². The molecule has 4 aromatic carbocycles. The van der Waals surface area contributed by atoms with E-state index >= 15 is 0 Å². The number of nitrogens with zero attached hydrogens (tertiary/aromatic N) is 2. The summed E-state index contributed by atoms with van der Waals surface area (Å²) >= 11 is 3.40. The molecule has 0 aliphatic carbocycles. The Bertz CT molecular complexity index is 1250. The third kappa shape index (κ3) is 7.66. The molecule has 4 aromatic rings. The van der Waals surface area contributed by atoms with Crippen molar-refractivity contribution in [1.29, 1.82) is 0 Å². The number of carbonyl (C=O) groups is 1. The van der Waals surface area contributed by atoms with E-state index in [-0.39, 0.29) is 5.91 Å². The second kappa shape index (κ2) is 12.7. The van der Waals surface area contributed by atoms with Crippen LogP contribution in [-0.4, -0.2) is 30.8 Å². The second-order valence-corrected chi connectivity index (χ2v) is 8.94. The molecule has 0 saturated carbocycles. The van der Waals surface area contributed by atoms with E-state index in [4.69, 9.17) is 9.73 Å². The highest BCUT2D eigenvalue weighted by atomic mass is 79.9. The van der Waals surface area contributed by atoms with E-state index in [1.165, 1.54) is 5.56 Å². The Morgan fingerprint density at radius 3 is 1.80 bits per heavy atom. The maximum Gasteiger partial charge on any atom is 0.259 e. The quantitative estimate of drug-likeness (QED) is 0.202. The number of benzene rings is 4. The fourth-order valence-electron chi connectivity index (χ4n) is 3.23. The molecular formula is C30H29BrN2O2. The molecule has 0 bridgehead atoms. The van der Waals surface area contributed by atoms with Gasteiger partial charge < -0.3 is 4.74 Å². The number of ether oxygens (including phenoxy) is 1. The fourth-order valence-corrected chi connectivity index (χ4v) is 3.50. The van der Waals surface area contributed by atoms with Gasteiger partial charge in [0.2, 0.25) is 0 Å². The monoisotopic (exact) mass is 528 g/mol. The molecule has 0 saturated heterocycles. The third-order valence-corrected chi connectivity index (χ3v) is 5.80. The molecular weight excluding hydrogens is 500 g/mol. The maximum absolute atomic E-state index is 13.0. The Hall–Kier alpha value is -3.70. The number of halogens is 1. The van der Waals surface area contributed by atoms with Gasteiger partial charge >= 0.3 is 0 Å². The Balaban J connectivity index is 0.000000420. The van der Waals surface area contributed by atoms with Gasteiger partial charge in [-0.3, -0.25) is 9.69 Å². The topological polar surface area (TPSA) is 41.9 Å². The lowest BCUT2D eigenvalue weighted by atomic mass is 10.1. The maximum atomic E-state index is 13.0. The lowest BCUT2D eigenvalue weighted by Gasteiger charge is -2.20. The zero-order valence-electron chi connectivity index (χ0n) is 20.4. The summed E-state index contributed by atoms with van der Waals surface area (Å²) in [5.41, 5.74) is 4.68. The molecule has 0 radical (unpaired) electrons. The fraction of sp³-hybridized carbons (Fsp3) is 0.133. The first-order valence-electron chi connectivity index (χ1n) is 11.2. The van der Waals surface area contributed by atoms with Crippen LogP contribution in [0.3, 0.4) is 0 Å². The second-order valence-electron chi connectivity index (χ2n) is 8.03. The average molecular weight is 529 g/mol. The zero-order valence-corrected chi connectivity index (χ0v) is 22.0. The van der Waals surface area contributed by atoms with Crippen LogP contribution in [0.25, 0.3) is 0 Å². The minimum atomic E-state index is -0.130. The summed E-state index contributed by atoms with van der Waals surface area (Å²) in [6, 6.07) is 33.0. The summed E-state index contributed by atoms with van der Waals surface area (Å²) in [5.74, 6) is 1.19. The summed E-state index contributed by atoms with van der Waals surface area (Å²) in [4.78, 5) is 19.4. The molecule has 0 N–H and O–H groups in total. The van der Waals surface area contributed by atoms with E-state index in [9.17, 15) is 4.79 Å². The molecule has 0 aliphatic rings. The van der Waals surface area contributed by atoms with Gasteiger partial charge in [0.25, 0.3) is 5.91 Å². The Labute approximate surface area is 216 Å². The minimum absolute atomic E-state index is 0.130. The van der Waals surface area contributed by atoms with Gasteiger partial charge in [-0.2, -0.15) is 0 Å². The predicted octanol–water partition coefficient (Wildman–Crippen LogP) is 7.61. The number of amidine groups is 1. The molecule has 178 valence electrons. The molecule has 0 aliphatic heterocycles. The number of methoxy groups -OCH3 is 1. The molecule has 0 unspecified atom stereocenters. The van der Waals surface area contributed by atoms with Crippen LogP contribution < -0.4 is 4.74 Å². The van der Waals surface area contributed by atoms with Crippen molar-refractivity contribution < 1.29 is 9.53 Å². The number of aliphatic imine (C=N–C) groups is 1. The minimum Gasteiger partial charge on any atom is -0.497 e. The van der Waals surface area contributed by atoms with Gasteiger partial charge in [-0.05, 0) is 74.5 Å². The van der Waals surface area contributed by atoms with Crippen LogP contribution in [0.1, 0.15) is 27.0 Å². The van der Waals surface area contributed by atoms with Gasteiger partial charge in [0.05, 0.1) is 12.8 Å². The van der Waals surface area contributed by atoms with Crippen LogP contribution in [0, 0.1) is 13.8 Å². The van der Waals surface area contributed by atoms with E-state index in [2.05, 4.69) is 35.0 Å². The van der Waals surface area contributed by atoms with Crippen molar-refractivity contribution in [1.82, 2.24) is 4.90 Å². The van der Waals surface area contributed by atoms with Gasteiger partial charge in [-0.25, -0.2) is 4.99 Å². The van der Waals surface area contributed by atoms with Crippen LogP contribution in [-0.2, 0) is 0 Å². The molecule has 0 atom stereocenters. The number of rotatable bonds is 4. The van der Waals surface area contributed by atoms with E-state index in [0.717, 1.165) is 27.0 Å². The lowest BCUT2D eigenvalue weighted by molar-refractivity contribution is 0.0871. The SMILES string of the molecule is COc1ccc(C(=Nc2ccc(C)cc2)N(C)C(=O)c2ccc(Br)cc2)cc1.Cc1ccccc1. The molecule has 0 fully saturated rings. The van der Waals surface area contributed by atoms with Crippen LogP contribution in [0.2, 0.25) is 0 Å². The number of hydrogen-bond acceptors (Lipinski definition) is 3. The molecule has 35 heavy (non-hydrogen) atoms. The van der Waals surface area contributed by atoms with Crippen molar-refractivity contribution in [3.05, 3.63) is 130 Å². The van der Waals surface area contributed by atoms with Gasteiger partial charge in [0.1, 0.15) is 11.6 Å². The largest absolute Gasteiger partial charge is 0.497 e. The smallest absolute Gasteiger partial charge is 0.259 e. The van der Waals surface area contributed by atoms with E-state index in [1.807, 2.05) is 85.8 Å². The summed E-state index contributed by atoms with van der Waals surface area (Å²) in [6.45, 7) is 4.11. The van der Waals surface area contributed by atoms with E-state index < -0.39 is 0 Å². The van der Waals surface area contributed by atoms with Crippen molar-refractivity contribution in [2.45, 2.75) is 13.8 Å². The Morgan fingerprint density at radius 2 is 1.29 bits per heavy atom. The van der Waals surface area contributed by atoms with Crippen LogP contribution >= 0.6 is 15.9 Å². The van der Waals surface area contributed by atoms with Crippen LogP contribution in [0.15, 0.2) is 113 Å². The van der Waals surface area contributed by atoms with E-state index in [1.54, 1.807) is 31.2 Å². The number of amides is 1. The van der Waals surface area contributed by atoms with Gasteiger partial charge in [0, 0.05) is 22.6 Å². The van der Waals surface area contributed by atoms with Crippen molar-refractivity contribution in [2.75, 3.05) is 14.2 Å². The molecule has 0 heterocycles. The molecule has 0 spiro atoms. The Morgan fingerprint density at radius 1 is 0.743 bits per heavy atom. The van der Waals surface area contributed by atoms with Crippen molar-refractivity contribution in [3.8, 4) is 5.75 Å². The molecule has 5 heteroatoms. The van der Waals surface area contributed by atoms with Gasteiger partial charge in [-0.1, -0.05) is 69.5 Å². The molecule has 4 rings (SSSR count). The van der Waals surface area contributed by atoms with Gasteiger partial charge in [-0.15, -0.1) is 0 Å². The predicted molar refractivity (Wildman–Crippen MR) is 148 cm³/mol. The lowest BCUT2D eigenvalue weighted by Crippen LogP contribution is -2.33. The highest BCUT2D eigenvalue weighted by Gasteiger charge is 2.19. The molecule has 4 nitrogen and oxygen atoms in total. The summed E-state index contributed by atoms with van der Waals surface area (Å²) < 4.78 is 6.17. The average Bonchev–Trinajstić information content (AvgIpc) is 2.89. The first kappa shape index (κ1) is 25.9. The molecule has 1 amide bonds. The normalized spacial score (nSPS) is 10.7.